The van der Waals surface area contributed by atoms with Gasteiger partial charge in [-0.2, -0.15) is 0 Å². The van der Waals surface area contributed by atoms with Crippen LogP contribution in [0.2, 0.25) is 5.02 Å². The summed E-state index contributed by atoms with van der Waals surface area (Å²) in [7, 11) is 0. The molecule has 2 aromatic rings. The zero-order valence-electron chi connectivity index (χ0n) is 14.8. The number of benzene rings is 2. The Kier molecular flexibility index (Phi) is 6.76. The number of nitrogens with one attached hydrogen (secondary N) is 1. The van der Waals surface area contributed by atoms with Gasteiger partial charge in [-0.25, -0.2) is 4.39 Å². The van der Waals surface area contributed by atoms with E-state index in [9.17, 15) is 9.18 Å². The van der Waals surface area contributed by atoms with Gasteiger partial charge in [0.25, 0.3) is 0 Å². The van der Waals surface area contributed by atoms with Crippen LogP contribution in [0.15, 0.2) is 36.4 Å². The first-order valence-corrected chi connectivity index (χ1v) is 9.23. The van der Waals surface area contributed by atoms with Crippen LogP contribution in [0.25, 0.3) is 0 Å². The molecular formula is C20H21ClFNO4. The average Bonchev–Trinajstić information content (AvgIpc) is 2.89. The zero-order chi connectivity index (χ0) is 19.1. The van der Waals surface area contributed by atoms with Gasteiger partial charge in [-0.15, -0.1) is 0 Å². The fourth-order valence-electron chi connectivity index (χ4n) is 2.65. The molecule has 1 amide bonds. The van der Waals surface area contributed by atoms with Crippen molar-refractivity contribution in [1.82, 2.24) is 5.32 Å². The SMILES string of the molecule is O=C(CCCOc1cccc(F)c1)NCc1cc(Cl)c2c(c1)OCCCO2. The van der Waals surface area contributed by atoms with E-state index in [-0.39, 0.29) is 11.7 Å². The Hall–Kier alpha value is -2.47. The molecule has 0 saturated carbocycles. The van der Waals surface area contributed by atoms with Crippen molar-refractivity contribution in [2.24, 2.45) is 0 Å². The molecule has 2 aromatic carbocycles. The van der Waals surface area contributed by atoms with E-state index in [1.165, 1.54) is 12.1 Å². The molecule has 0 atom stereocenters. The Labute approximate surface area is 162 Å². The van der Waals surface area contributed by atoms with E-state index in [0.29, 0.717) is 61.5 Å². The quantitative estimate of drug-likeness (QED) is 0.719. The van der Waals surface area contributed by atoms with Crippen molar-refractivity contribution in [2.75, 3.05) is 19.8 Å². The van der Waals surface area contributed by atoms with Gasteiger partial charge in [-0.1, -0.05) is 17.7 Å². The molecule has 1 aliphatic heterocycles. The molecule has 0 unspecified atom stereocenters. The molecule has 0 aromatic heterocycles. The van der Waals surface area contributed by atoms with Gasteiger partial charge in [0.05, 0.1) is 24.8 Å². The molecule has 0 bridgehead atoms. The third kappa shape index (κ3) is 5.76. The van der Waals surface area contributed by atoms with E-state index in [2.05, 4.69) is 5.32 Å². The molecule has 1 heterocycles. The molecule has 5 nitrogen and oxygen atoms in total. The third-order valence-electron chi connectivity index (χ3n) is 3.96. The minimum atomic E-state index is -0.348. The molecule has 7 heteroatoms. The molecular weight excluding hydrogens is 373 g/mol. The number of carbonyl (C=O) groups is 1. The van der Waals surface area contributed by atoms with Crippen LogP contribution in [0, 0.1) is 5.82 Å². The van der Waals surface area contributed by atoms with E-state index >= 15 is 0 Å². The number of carbonyl (C=O) groups excluding carboxylic acids is 1. The molecule has 0 spiro atoms. The molecule has 27 heavy (non-hydrogen) atoms. The summed E-state index contributed by atoms with van der Waals surface area (Å²) in [5, 5.41) is 3.32. The Balaban J connectivity index is 1.42. The summed E-state index contributed by atoms with van der Waals surface area (Å²) < 4.78 is 29.7. The van der Waals surface area contributed by atoms with Gasteiger partial charge in [0.15, 0.2) is 11.5 Å². The highest BCUT2D eigenvalue weighted by Crippen LogP contribution is 2.37. The lowest BCUT2D eigenvalue weighted by atomic mass is 10.2. The van der Waals surface area contributed by atoms with Crippen molar-refractivity contribution in [3.8, 4) is 17.2 Å². The topological polar surface area (TPSA) is 56.8 Å². The van der Waals surface area contributed by atoms with Crippen molar-refractivity contribution >= 4 is 17.5 Å². The molecule has 0 aliphatic carbocycles. The maximum atomic E-state index is 13.1. The van der Waals surface area contributed by atoms with Crippen molar-refractivity contribution in [3.63, 3.8) is 0 Å². The summed E-state index contributed by atoms with van der Waals surface area (Å²) in [6, 6.07) is 9.53. The zero-order valence-corrected chi connectivity index (χ0v) is 15.6. The molecule has 3 rings (SSSR count). The largest absolute Gasteiger partial charge is 0.493 e. The number of ether oxygens (including phenoxy) is 3. The van der Waals surface area contributed by atoms with Gasteiger partial charge in [-0.05, 0) is 36.2 Å². The second-order valence-electron chi connectivity index (χ2n) is 6.14. The second kappa shape index (κ2) is 9.46. The third-order valence-corrected chi connectivity index (χ3v) is 4.25. The summed E-state index contributed by atoms with van der Waals surface area (Å²) in [4.78, 5) is 12.0. The van der Waals surface area contributed by atoms with E-state index < -0.39 is 0 Å². The van der Waals surface area contributed by atoms with Gasteiger partial charge in [0.2, 0.25) is 5.91 Å². The Morgan fingerprint density at radius 1 is 1.22 bits per heavy atom. The minimum absolute atomic E-state index is 0.0962. The standard InChI is InChI=1S/C20H21ClFNO4/c21-17-10-14(11-18-20(17)27-9-3-8-26-18)13-23-19(24)6-2-7-25-16-5-1-4-15(22)12-16/h1,4-5,10-12H,2-3,6-9,13H2,(H,23,24). The molecule has 0 fully saturated rings. The van der Waals surface area contributed by atoms with Crippen molar-refractivity contribution < 1.29 is 23.4 Å². The lowest BCUT2D eigenvalue weighted by molar-refractivity contribution is -0.121. The smallest absolute Gasteiger partial charge is 0.220 e. The maximum absolute atomic E-state index is 13.1. The highest BCUT2D eigenvalue weighted by atomic mass is 35.5. The molecule has 0 radical (unpaired) electrons. The van der Waals surface area contributed by atoms with Crippen molar-refractivity contribution in [3.05, 3.63) is 52.8 Å². The predicted octanol–water partition coefficient (Wildman–Crippen LogP) is 4.12. The molecule has 144 valence electrons. The monoisotopic (exact) mass is 393 g/mol. The van der Waals surface area contributed by atoms with Crippen LogP contribution < -0.4 is 19.5 Å². The Bertz CT molecular complexity index is 800. The van der Waals surface area contributed by atoms with Gasteiger partial charge in [0, 0.05) is 25.5 Å². The highest BCUT2D eigenvalue weighted by Gasteiger charge is 2.15. The lowest BCUT2D eigenvalue weighted by Crippen LogP contribution is -2.23. The minimum Gasteiger partial charge on any atom is -0.493 e. The highest BCUT2D eigenvalue weighted by molar-refractivity contribution is 6.32. The van der Waals surface area contributed by atoms with Crippen LogP contribution in [0.4, 0.5) is 4.39 Å². The number of hydrogen-bond donors (Lipinski definition) is 1. The maximum Gasteiger partial charge on any atom is 0.220 e. The fraction of sp³-hybridized carbons (Fsp3) is 0.350. The first-order chi connectivity index (χ1) is 13.1. The van der Waals surface area contributed by atoms with E-state index in [4.69, 9.17) is 25.8 Å². The Morgan fingerprint density at radius 2 is 2.07 bits per heavy atom. The van der Waals surface area contributed by atoms with Crippen molar-refractivity contribution in [2.45, 2.75) is 25.8 Å². The van der Waals surface area contributed by atoms with Crippen LogP contribution in [0.3, 0.4) is 0 Å². The number of hydrogen-bond acceptors (Lipinski definition) is 4. The normalized spacial score (nSPS) is 13.0. The lowest BCUT2D eigenvalue weighted by Gasteiger charge is -2.12. The number of amides is 1. The molecule has 1 aliphatic rings. The first kappa shape index (κ1) is 19.3. The summed E-state index contributed by atoms with van der Waals surface area (Å²) in [6.07, 6.45) is 1.65. The van der Waals surface area contributed by atoms with Crippen molar-refractivity contribution in [1.29, 1.82) is 0 Å². The summed E-state index contributed by atoms with van der Waals surface area (Å²) in [5.74, 6) is 1.17. The molecule has 1 N–H and O–H groups in total. The van der Waals surface area contributed by atoms with E-state index in [0.717, 1.165) is 12.0 Å². The summed E-state index contributed by atoms with van der Waals surface area (Å²) in [6.45, 7) is 1.83. The van der Waals surface area contributed by atoms with Crippen LogP contribution in [-0.4, -0.2) is 25.7 Å². The fourth-order valence-corrected chi connectivity index (χ4v) is 2.94. The van der Waals surface area contributed by atoms with Gasteiger partial charge in [-0.3, -0.25) is 4.79 Å². The van der Waals surface area contributed by atoms with Gasteiger partial charge >= 0.3 is 0 Å². The van der Waals surface area contributed by atoms with E-state index in [1.807, 2.05) is 6.07 Å². The van der Waals surface area contributed by atoms with Gasteiger partial charge in [0.1, 0.15) is 11.6 Å². The number of halogens is 2. The van der Waals surface area contributed by atoms with Crippen LogP contribution in [-0.2, 0) is 11.3 Å². The average molecular weight is 394 g/mol. The number of rotatable bonds is 7. The van der Waals surface area contributed by atoms with Crippen LogP contribution >= 0.6 is 11.6 Å². The Morgan fingerprint density at radius 3 is 2.93 bits per heavy atom. The van der Waals surface area contributed by atoms with Crippen LogP contribution in [0.1, 0.15) is 24.8 Å². The number of fused-ring (bicyclic) bond motifs is 1. The van der Waals surface area contributed by atoms with E-state index in [1.54, 1.807) is 18.2 Å². The first-order valence-electron chi connectivity index (χ1n) is 8.85. The van der Waals surface area contributed by atoms with Crippen LogP contribution in [0.5, 0.6) is 17.2 Å². The predicted molar refractivity (Wildman–Crippen MR) is 100 cm³/mol. The molecule has 0 saturated heterocycles. The summed E-state index contributed by atoms with van der Waals surface area (Å²) >= 11 is 6.25. The second-order valence-corrected chi connectivity index (χ2v) is 6.55. The van der Waals surface area contributed by atoms with Gasteiger partial charge < -0.3 is 19.5 Å². The summed E-state index contributed by atoms with van der Waals surface area (Å²) in [5.41, 5.74) is 0.841.